The predicted molar refractivity (Wildman–Crippen MR) is 155 cm³/mol. The molecular formula is C32H36N4O6. The van der Waals surface area contributed by atoms with E-state index < -0.39 is 6.04 Å². The molecule has 5 rings (SSSR count). The number of carbonyl (C=O) groups excluding carboxylic acids is 3. The number of ether oxygens (including phenoxy) is 3. The first kappa shape index (κ1) is 29.1. The fourth-order valence-electron chi connectivity index (χ4n) is 5.25. The van der Waals surface area contributed by atoms with Gasteiger partial charge in [0.2, 0.25) is 11.8 Å². The van der Waals surface area contributed by atoms with Crippen molar-refractivity contribution in [1.29, 1.82) is 0 Å². The van der Waals surface area contributed by atoms with Gasteiger partial charge in [0.05, 0.1) is 31.9 Å². The van der Waals surface area contributed by atoms with Crippen LogP contribution < -0.4 is 14.8 Å². The van der Waals surface area contributed by atoms with Gasteiger partial charge in [0.1, 0.15) is 17.2 Å². The van der Waals surface area contributed by atoms with E-state index in [0.29, 0.717) is 68.4 Å². The number of nitrogens with one attached hydrogen (secondary N) is 1. The smallest absolute Gasteiger partial charge is 0.254 e. The van der Waals surface area contributed by atoms with Crippen molar-refractivity contribution < 1.29 is 28.6 Å². The number of likely N-dealkylation sites (N-methyl/N-ethyl adjacent to an activating group) is 1. The molecular weight excluding hydrogens is 536 g/mol. The summed E-state index contributed by atoms with van der Waals surface area (Å²) in [5.41, 5.74) is 2.25. The van der Waals surface area contributed by atoms with Gasteiger partial charge in [-0.25, -0.2) is 0 Å². The van der Waals surface area contributed by atoms with Crippen LogP contribution >= 0.6 is 0 Å². The Morgan fingerprint density at radius 1 is 1.12 bits per heavy atom. The maximum Gasteiger partial charge on any atom is 0.254 e. The molecule has 0 saturated carbocycles. The van der Waals surface area contributed by atoms with E-state index in [1.807, 2.05) is 43.3 Å². The van der Waals surface area contributed by atoms with Crippen molar-refractivity contribution in [2.75, 3.05) is 33.3 Å². The number of fused-ring (bicyclic) bond motifs is 5. The minimum absolute atomic E-state index is 0.0147. The molecule has 1 fully saturated rings. The SMILES string of the molecule is CCOc1cc2cc(c1)C(=O)N(C)CC(=O)N[C@@H]1CN(C(=O)CCc3cccnc3)CC[C@@H]1OCc1cccc(c1)O2. The highest BCUT2D eigenvalue weighted by molar-refractivity contribution is 5.97. The van der Waals surface area contributed by atoms with E-state index in [1.54, 1.807) is 42.5 Å². The number of pyridine rings is 1. The van der Waals surface area contributed by atoms with Gasteiger partial charge < -0.3 is 29.3 Å². The number of nitrogens with zero attached hydrogens (tertiary/aromatic N) is 3. The van der Waals surface area contributed by atoms with Crippen LogP contribution in [0.1, 0.15) is 41.3 Å². The van der Waals surface area contributed by atoms with E-state index >= 15 is 0 Å². The van der Waals surface area contributed by atoms with Crippen molar-refractivity contribution in [3.8, 4) is 17.2 Å². The number of hydrogen-bond donors (Lipinski definition) is 1. The number of benzene rings is 2. The van der Waals surface area contributed by atoms with Gasteiger partial charge in [-0.15, -0.1) is 0 Å². The number of piperidine rings is 1. The molecule has 1 N–H and O–H groups in total. The molecule has 0 spiro atoms. The van der Waals surface area contributed by atoms with Gasteiger partial charge in [0.25, 0.3) is 5.91 Å². The first-order chi connectivity index (χ1) is 20.4. The Bertz CT molecular complexity index is 1420. The average Bonchev–Trinajstić information content (AvgIpc) is 2.99. The Labute approximate surface area is 245 Å². The highest BCUT2D eigenvalue weighted by atomic mass is 16.5. The van der Waals surface area contributed by atoms with E-state index in [9.17, 15) is 14.4 Å². The normalized spacial score (nSPS) is 19.4. The monoisotopic (exact) mass is 572 g/mol. The second kappa shape index (κ2) is 13.5. The summed E-state index contributed by atoms with van der Waals surface area (Å²) >= 11 is 0. The molecule has 0 unspecified atom stereocenters. The van der Waals surface area contributed by atoms with E-state index in [0.717, 1.165) is 11.1 Å². The maximum absolute atomic E-state index is 13.3. The molecule has 2 aliphatic heterocycles. The average molecular weight is 573 g/mol. The molecule has 0 aliphatic carbocycles. The first-order valence-corrected chi connectivity index (χ1v) is 14.3. The van der Waals surface area contributed by atoms with E-state index in [-0.39, 0.29) is 30.4 Å². The second-order valence-electron chi connectivity index (χ2n) is 10.5. The molecule has 2 aromatic carbocycles. The third kappa shape index (κ3) is 7.44. The van der Waals surface area contributed by atoms with E-state index in [2.05, 4.69) is 10.3 Å². The number of carbonyl (C=O) groups is 3. The Balaban J connectivity index is 1.36. The quantitative estimate of drug-likeness (QED) is 0.498. The van der Waals surface area contributed by atoms with Gasteiger partial charge in [0.15, 0.2) is 0 Å². The summed E-state index contributed by atoms with van der Waals surface area (Å²) in [5.74, 6) is 0.882. The summed E-state index contributed by atoms with van der Waals surface area (Å²) in [5, 5.41) is 3.04. The summed E-state index contributed by atoms with van der Waals surface area (Å²) in [6, 6.07) is 15.9. The summed E-state index contributed by atoms with van der Waals surface area (Å²) < 4.78 is 18.1. The molecule has 10 heteroatoms. The van der Waals surface area contributed by atoms with Crippen LogP contribution in [0, 0.1) is 0 Å². The van der Waals surface area contributed by atoms with Crippen LogP contribution in [0.25, 0.3) is 0 Å². The highest BCUT2D eigenvalue weighted by Gasteiger charge is 2.33. The molecule has 10 nitrogen and oxygen atoms in total. The van der Waals surface area contributed by atoms with Gasteiger partial charge in [0, 0.05) is 50.6 Å². The number of amides is 3. The molecule has 1 aromatic heterocycles. The standard InChI is InChI=1S/C32H36N4O6/c1-3-40-26-15-24-16-27(17-26)42-25-8-4-6-23(14-25)21-41-29-11-13-36(31(38)10-9-22-7-5-12-33-18-22)19-28(29)34-30(37)20-35(2)32(24)39/h4-8,12,14-18,28-29H,3,9-11,13,19-21H2,1-2H3,(H,34,37)/t28-,29+/m1/s1. The van der Waals surface area contributed by atoms with Crippen molar-refractivity contribution >= 4 is 17.7 Å². The van der Waals surface area contributed by atoms with Crippen LogP contribution in [-0.4, -0.2) is 77.9 Å². The molecule has 1 saturated heterocycles. The third-order valence-corrected chi connectivity index (χ3v) is 7.36. The zero-order valence-electron chi connectivity index (χ0n) is 24.0. The van der Waals surface area contributed by atoms with Crippen LogP contribution in [-0.2, 0) is 27.4 Å². The van der Waals surface area contributed by atoms with Crippen LogP contribution in [0.15, 0.2) is 67.0 Å². The minimum atomic E-state index is -0.433. The molecule has 220 valence electrons. The van der Waals surface area contributed by atoms with Gasteiger partial charge in [-0.1, -0.05) is 18.2 Å². The second-order valence-corrected chi connectivity index (χ2v) is 10.5. The number of aromatic nitrogens is 1. The third-order valence-electron chi connectivity index (χ3n) is 7.36. The Morgan fingerprint density at radius 3 is 2.81 bits per heavy atom. The topological polar surface area (TPSA) is 110 Å². The van der Waals surface area contributed by atoms with Crippen LogP contribution in [0.4, 0.5) is 0 Å². The molecule has 3 heterocycles. The lowest BCUT2D eigenvalue weighted by Gasteiger charge is -2.39. The molecule has 4 bridgehead atoms. The van der Waals surface area contributed by atoms with Gasteiger partial charge in [-0.05, 0) is 61.2 Å². The first-order valence-electron chi connectivity index (χ1n) is 14.3. The van der Waals surface area contributed by atoms with E-state index in [4.69, 9.17) is 14.2 Å². The van der Waals surface area contributed by atoms with Crippen LogP contribution in [0.2, 0.25) is 0 Å². The van der Waals surface area contributed by atoms with Crippen molar-refractivity contribution in [3.05, 3.63) is 83.7 Å². The lowest BCUT2D eigenvalue weighted by molar-refractivity contribution is -0.137. The number of likely N-dealkylation sites (tertiary alicyclic amines) is 1. The van der Waals surface area contributed by atoms with Crippen molar-refractivity contribution in [2.45, 2.75) is 44.9 Å². The fraction of sp³-hybridized carbons (Fsp3) is 0.375. The Kier molecular flexibility index (Phi) is 9.33. The summed E-state index contributed by atoms with van der Waals surface area (Å²) in [6.45, 7) is 3.29. The predicted octanol–water partition coefficient (Wildman–Crippen LogP) is 3.59. The number of hydrogen-bond acceptors (Lipinski definition) is 7. The summed E-state index contributed by atoms with van der Waals surface area (Å²) in [4.78, 5) is 46.9. The molecule has 0 radical (unpaired) electrons. The molecule has 3 amide bonds. The van der Waals surface area contributed by atoms with Gasteiger partial charge in [-0.3, -0.25) is 19.4 Å². The Morgan fingerprint density at radius 2 is 2.00 bits per heavy atom. The minimum Gasteiger partial charge on any atom is -0.494 e. The van der Waals surface area contributed by atoms with Gasteiger partial charge in [-0.2, -0.15) is 0 Å². The van der Waals surface area contributed by atoms with Crippen molar-refractivity contribution in [3.63, 3.8) is 0 Å². The lowest BCUT2D eigenvalue weighted by Crippen LogP contribution is -2.58. The summed E-state index contributed by atoms with van der Waals surface area (Å²) in [7, 11) is 1.57. The van der Waals surface area contributed by atoms with Crippen molar-refractivity contribution in [1.82, 2.24) is 20.1 Å². The van der Waals surface area contributed by atoms with E-state index in [1.165, 1.54) is 4.90 Å². The zero-order valence-corrected chi connectivity index (χ0v) is 24.0. The van der Waals surface area contributed by atoms with Gasteiger partial charge >= 0.3 is 0 Å². The fourth-order valence-corrected chi connectivity index (χ4v) is 5.25. The maximum atomic E-state index is 13.3. The summed E-state index contributed by atoms with van der Waals surface area (Å²) in [6.07, 6.45) is 4.68. The van der Waals surface area contributed by atoms with Crippen LogP contribution in [0.3, 0.4) is 0 Å². The van der Waals surface area contributed by atoms with Crippen LogP contribution in [0.5, 0.6) is 17.2 Å². The molecule has 2 aliphatic rings. The zero-order chi connectivity index (χ0) is 29.5. The number of rotatable bonds is 5. The Hall–Kier alpha value is -4.44. The van der Waals surface area contributed by atoms with Crippen molar-refractivity contribution in [2.24, 2.45) is 0 Å². The molecule has 42 heavy (non-hydrogen) atoms. The highest BCUT2D eigenvalue weighted by Crippen LogP contribution is 2.29. The number of aryl methyl sites for hydroxylation is 1. The molecule has 3 aromatic rings. The molecule has 2 atom stereocenters. The largest absolute Gasteiger partial charge is 0.494 e. The lowest BCUT2D eigenvalue weighted by atomic mass is 10.0.